The fourth-order valence-electron chi connectivity index (χ4n) is 1.15. The molecule has 3 heteroatoms. The van der Waals surface area contributed by atoms with Gasteiger partial charge in [-0.15, -0.1) is 0 Å². The van der Waals surface area contributed by atoms with Crippen LogP contribution in [0.2, 0.25) is 0 Å². The van der Waals surface area contributed by atoms with E-state index >= 15 is 0 Å². The van der Waals surface area contributed by atoms with E-state index in [9.17, 15) is 4.79 Å². The van der Waals surface area contributed by atoms with Crippen molar-refractivity contribution in [2.24, 2.45) is 0 Å². The third-order valence-corrected chi connectivity index (χ3v) is 2.12. The van der Waals surface area contributed by atoms with Crippen LogP contribution in [-0.2, 0) is 9.68 Å². The van der Waals surface area contributed by atoms with Gasteiger partial charge in [-0.25, -0.2) is 4.79 Å². The molecular formula is C11H14O3. The Morgan fingerprint density at radius 2 is 1.71 bits per heavy atom. The first-order valence-corrected chi connectivity index (χ1v) is 4.44. The van der Waals surface area contributed by atoms with Crippen molar-refractivity contribution in [2.45, 2.75) is 27.7 Å². The molecule has 14 heavy (non-hydrogen) atoms. The van der Waals surface area contributed by atoms with Crippen LogP contribution < -0.4 is 4.89 Å². The van der Waals surface area contributed by atoms with Gasteiger partial charge in [-0.05, 0) is 37.5 Å². The largest absolute Gasteiger partial charge is 0.352 e. The molecule has 1 rings (SSSR count). The Morgan fingerprint density at radius 3 is 2.29 bits per heavy atom. The summed E-state index contributed by atoms with van der Waals surface area (Å²) in [6, 6.07) is 3.94. The first kappa shape index (κ1) is 10.6. The van der Waals surface area contributed by atoms with Crippen molar-refractivity contribution in [3.8, 4) is 5.75 Å². The highest BCUT2D eigenvalue weighted by Gasteiger charge is 2.08. The van der Waals surface area contributed by atoms with Crippen molar-refractivity contribution in [3.05, 3.63) is 28.8 Å². The van der Waals surface area contributed by atoms with Crippen LogP contribution in [-0.4, -0.2) is 5.97 Å². The lowest BCUT2D eigenvalue weighted by Crippen LogP contribution is -2.05. The third kappa shape index (κ3) is 2.25. The van der Waals surface area contributed by atoms with E-state index in [2.05, 4.69) is 4.89 Å². The van der Waals surface area contributed by atoms with Gasteiger partial charge in [0.25, 0.3) is 0 Å². The van der Waals surface area contributed by atoms with Gasteiger partial charge in [-0.3, -0.25) is 9.78 Å². The summed E-state index contributed by atoms with van der Waals surface area (Å²) in [5, 5.41) is 0. The Kier molecular flexibility index (Phi) is 3.12. The number of aryl methyl sites for hydroxylation is 2. The lowest BCUT2D eigenvalue weighted by atomic mass is 10.1. The summed E-state index contributed by atoms with van der Waals surface area (Å²) in [5.74, 6) is 0.172. The van der Waals surface area contributed by atoms with Gasteiger partial charge >= 0.3 is 5.97 Å². The quantitative estimate of drug-likeness (QED) is 0.536. The van der Waals surface area contributed by atoms with Gasteiger partial charge in [0.1, 0.15) is 0 Å². The van der Waals surface area contributed by atoms with Crippen LogP contribution in [0.15, 0.2) is 12.1 Å². The smallest absolute Gasteiger partial charge is 0.286 e. The maximum atomic E-state index is 10.6. The lowest BCUT2D eigenvalue weighted by molar-refractivity contribution is -0.211. The molecule has 1 aromatic carbocycles. The summed E-state index contributed by atoms with van der Waals surface area (Å²) in [7, 11) is 0. The number of carbonyl (C=O) groups excluding carboxylic acids is 1. The average Bonchev–Trinajstić information content (AvgIpc) is 2.11. The van der Waals surface area contributed by atoms with E-state index in [4.69, 9.17) is 4.89 Å². The fraction of sp³-hybridized carbons (Fsp3) is 0.364. The second kappa shape index (κ2) is 4.13. The molecular weight excluding hydrogens is 180 g/mol. The van der Waals surface area contributed by atoms with Gasteiger partial charge in [0.2, 0.25) is 0 Å². The molecule has 0 N–H and O–H groups in total. The topological polar surface area (TPSA) is 35.5 Å². The molecule has 0 saturated heterocycles. The van der Waals surface area contributed by atoms with Crippen LogP contribution in [0.3, 0.4) is 0 Å². The van der Waals surface area contributed by atoms with E-state index < -0.39 is 5.97 Å². The van der Waals surface area contributed by atoms with Crippen molar-refractivity contribution >= 4 is 5.97 Å². The molecule has 1 aromatic rings. The lowest BCUT2D eigenvalue weighted by Gasteiger charge is -2.10. The molecule has 0 heterocycles. The van der Waals surface area contributed by atoms with Gasteiger partial charge in [0.05, 0.1) is 0 Å². The van der Waals surface area contributed by atoms with Gasteiger partial charge in [0.15, 0.2) is 5.75 Å². The summed E-state index contributed by atoms with van der Waals surface area (Å²) < 4.78 is 0. The summed E-state index contributed by atoms with van der Waals surface area (Å²) in [4.78, 5) is 20.0. The Hall–Kier alpha value is -1.51. The molecule has 0 aromatic heterocycles. The predicted octanol–water partition coefficient (Wildman–Crippen LogP) is 2.47. The number of rotatable bonds is 2. The Labute approximate surface area is 83.6 Å². The molecule has 0 unspecified atom stereocenters. The highest BCUT2D eigenvalue weighted by atomic mass is 17.2. The molecule has 0 aliphatic heterocycles. The van der Waals surface area contributed by atoms with Crippen LogP contribution in [0, 0.1) is 20.8 Å². The Balaban J connectivity index is 2.95. The Bertz CT molecular complexity index is 356. The van der Waals surface area contributed by atoms with E-state index in [-0.39, 0.29) is 0 Å². The standard InChI is InChI=1S/C11H14O3/c1-7-5-6-8(2)11(9(7)3)14-13-10(4)12/h5-6H,1-4H3. The van der Waals surface area contributed by atoms with E-state index in [0.29, 0.717) is 5.75 Å². The van der Waals surface area contributed by atoms with Crippen LogP contribution >= 0.6 is 0 Å². The van der Waals surface area contributed by atoms with Crippen molar-refractivity contribution in [1.29, 1.82) is 0 Å². The minimum Gasteiger partial charge on any atom is -0.286 e. The van der Waals surface area contributed by atoms with E-state index in [1.807, 2.05) is 32.9 Å². The maximum Gasteiger partial charge on any atom is 0.352 e. The molecule has 0 spiro atoms. The highest BCUT2D eigenvalue weighted by molar-refractivity contribution is 5.65. The van der Waals surface area contributed by atoms with Crippen LogP contribution in [0.5, 0.6) is 5.75 Å². The average molecular weight is 194 g/mol. The van der Waals surface area contributed by atoms with E-state index in [1.165, 1.54) is 6.92 Å². The zero-order chi connectivity index (χ0) is 10.7. The Morgan fingerprint density at radius 1 is 1.14 bits per heavy atom. The van der Waals surface area contributed by atoms with Crippen molar-refractivity contribution in [1.82, 2.24) is 0 Å². The fourth-order valence-corrected chi connectivity index (χ4v) is 1.15. The van der Waals surface area contributed by atoms with Gasteiger partial charge in [-0.1, -0.05) is 12.1 Å². The first-order valence-electron chi connectivity index (χ1n) is 4.44. The molecule has 76 valence electrons. The summed E-state index contributed by atoms with van der Waals surface area (Å²) in [5.41, 5.74) is 3.05. The molecule has 0 aliphatic rings. The molecule has 0 bridgehead atoms. The SMILES string of the molecule is CC(=O)OOc1c(C)ccc(C)c1C. The molecule has 0 radical (unpaired) electrons. The van der Waals surface area contributed by atoms with Gasteiger partial charge in [-0.2, -0.15) is 0 Å². The van der Waals surface area contributed by atoms with Crippen molar-refractivity contribution < 1.29 is 14.6 Å². The maximum absolute atomic E-state index is 10.6. The third-order valence-electron chi connectivity index (χ3n) is 2.12. The van der Waals surface area contributed by atoms with Crippen LogP contribution in [0.25, 0.3) is 0 Å². The molecule has 3 nitrogen and oxygen atoms in total. The summed E-state index contributed by atoms with van der Waals surface area (Å²) in [6.45, 7) is 7.13. The van der Waals surface area contributed by atoms with Crippen LogP contribution in [0.4, 0.5) is 0 Å². The number of hydrogen-bond acceptors (Lipinski definition) is 3. The summed E-state index contributed by atoms with van der Waals surface area (Å²) >= 11 is 0. The molecule has 0 aliphatic carbocycles. The van der Waals surface area contributed by atoms with Crippen molar-refractivity contribution in [3.63, 3.8) is 0 Å². The predicted molar refractivity (Wildman–Crippen MR) is 53.0 cm³/mol. The zero-order valence-corrected chi connectivity index (χ0v) is 8.88. The van der Waals surface area contributed by atoms with Crippen molar-refractivity contribution in [2.75, 3.05) is 0 Å². The second-order valence-corrected chi connectivity index (χ2v) is 3.31. The van der Waals surface area contributed by atoms with Crippen LogP contribution in [0.1, 0.15) is 23.6 Å². The molecule has 0 fully saturated rings. The number of hydrogen-bond donors (Lipinski definition) is 0. The van der Waals surface area contributed by atoms with E-state index in [1.54, 1.807) is 0 Å². The second-order valence-electron chi connectivity index (χ2n) is 3.31. The first-order chi connectivity index (χ1) is 6.52. The van der Waals surface area contributed by atoms with Gasteiger partial charge < -0.3 is 0 Å². The highest BCUT2D eigenvalue weighted by Crippen LogP contribution is 2.25. The minimum atomic E-state index is -0.453. The molecule has 0 amide bonds. The van der Waals surface area contributed by atoms with Gasteiger partial charge in [0, 0.05) is 6.92 Å². The normalized spacial score (nSPS) is 9.71. The van der Waals surface area contributed by atoms with E-state index in [0.717, 1.165) is 16.7 Å². The number of benzene rings is 1. The number of carbonyl (C=O) groups is 1. The molecule has 0 saturated carbocycles. The monoisotopic (exact) mass is 194 g/mol. The zero-order valence-electron chi connectivity index (χ0n) is 8.88. The summed E-state index contributed by atoms with van der Waals surface area (Å²) in [6.07, 6.45) is 0. The molecule has 0 atom stereocenters. The minimum absolute atomic E-state index is 0.453.